The molecule has 0 saturated carbocycles. The van der Waals surface area contributed by atoms with Crippen LogP contribution in [0.5, 0.6) is 11.5 Å². The Morgan fingerprint density at radius 3 is 1.74 bits per heavy atom. The molecule has 1 rings (SSSR count). The second-order valence-electron chi connectivity index (χ2n) is 8.35. The van der Waals surface area contributed by atoms with E-state index in [1.807, 2.05) is 31.2 Å². The normalized spacial score (nSPS) is 14.7. The van der Waals surface area contributed by atoms with Gasteiger partial charge in [0.2, 0.25) is 0 Å². The van der Waals surface area contributed by atoms with Crippen molar-refractivity contribution in [2.45, 2.75) is 77.6 Å². The molecule has 0 heterocycles. The number of aliphatic hydroxyl groups is 1. The van der Waals surface area contributed by atoms with Gasteiger partial charge in [-0.25, -0.2) is 0 Å². The van der Waals surface area contributed by atoms with E-state index in [0.29, 0.717) is 36.3 Å². The third-order valence-electron chi connectivity index (χ3n) is 5.74. The average molecular weight is 397 g/mol. The molecule has 1 aromatic rings. The highest BCUT2D eigenvalue weighted by Crippen LogP contribution is 2.42. The van der Waals surface area contributed by atoms with Gasteiger partial charge in [-0.05, 0) is 47.3 Å². The number of hydrogen-bond donors (Lipinski definition) is 1. The molecule has 0 fully saturated rings. The van der Waals surface area contributed by atoms with Crippen molar-refractivity contribution in [2.75, 3.05) is 20.3 Å². The molecule has 0 radical (unpaired) electrons. The Morgan fingerprint density at radius 1 is 0.852 bits per heavy atom. The van der Waals surface area contributed by atoms with Crippen LogP contribution in [0.25, 0.3) is 0 Å². The van der Waals surface area contributed by atoms with Crippen LogP contribution in [-0.4, -0.2) is 39.9 Å². The van der Waals surface area contributed by atoms with E-state index >= 15 is 0 Å². The highest BCUT2D eigenvalue weighted by Gasteiger charge is 2.45. The summed E-state index contributed by atoms with van der Waals surface area (Å²) in [5, 5.41) is 10.5. The van der Waals surface area contributed by atoms with E-state index in [9.17, 15) is 5.11 Å². The molecule has 0 aromatic heterocycles. The van der Waals surface area contributed by atoms with Gasteiger partial charge >= 0.3 is 0 Å². The maximum atomic E-state index is 10.5. The van der Waals surface area contributed by atoms with Gasteiger partial charge in [-0.15, -0.1) is 0 Å². The zero-order valence-corrected chi connectivity index (χ0v) is 19.5. The molecule has 1 N–H and O–H groups in total. The summed E-state index contributed by atoms with van der Waals surface area (Å²) >= 11 is 0. The molecule has 0 unspecified atom stereocenters. The summed E-state index contributed by atoms with van der Waals surface area (Å²) in [5.74, 6) is 1.54. The van der Waals surface area contributed by atoms with Crippen LogP contribution < -0.4 is 9.47 Å². The zero-order chi connectivity index (χ0) is 20.6. The number of ether oxygens (including phenoxy) is 2. The molecule has 0 bridgehead atoms. The first-order chi connectivity index (χ1) is 12.7. The van der Waals surface area contributed by atoms with Gasteiger partial charge in [-0.3, -0.25) is 0 Å². The van der Waals surface area contributed by atoms with Gasteiger partial charge in [0.05, 0.1) is 19.8 Å². The SMILES string of the molecule is CC[C@H](O)[C@H](COc1ccc(OC)cc1)CO[Si](C(C)C)(C(C)C)C(C)C. The first-order valence-electron chi connectivity index (χ1n) is 10.3. The Morgan fingerprint density at radius 2 is 1.33 bits per heavy atom. The van der Waals surface area contributed by atoms with Crippen LogP contribution in [0.15, 0.2) is 24.3 Å². The fraction of sp³-hybridized carbons (Fsp3) is 0.727. The van der Waals surface area contributed by atoms with Crippen molar-refractivity contribution < 1.29 is 19.0 Å². The van der Waals surface area contributed by atoms with Gasteiger partial charge in [-0.2, -0.15) is 0 Å². The number of methoxy groups -OCH3 is 1. The minimum Gasteiger partial charge on any atom is -0.497 e. The minimum absolute atomic E-state index is 0.0415. The van der Waals surface area contributed by atoms with E-state index in [-0.39, 0.29) is 5.92 Å². The van der Waals surface area contributed by atoms with Crippen molar-refractivity contribution in [3.63, 3.8) is 0 Å². The summed E-state index contributed by atoms with van der Waals surface area (Å²) in [6.07, 6.45) is 0.265. The number of benzene rings is 1. The maximum Gasteiger partial charge on any atom is 0.200 e. The molecular weight excluding hydrogens is 356 g/mol. The molecule has 0 aliphatic carbocycles. The van der Waals surface area contributed by atoms with Crippen molar-refractivity contribution in [1.82, 2.24) is 0 Å². The second kappa shape index (κ2) is 11.1. The second-order valence-corrected chi connectivity index (χ2v) is 13.8. The van der Waals surface area contributed by atoms with Crippen molar-refractivity contribution in [1.29, 1.82) is 0 Å². The molecule has 1 aromatic carbocycles. The maximum absolute atomic E-state index is 10.5. The van der Waals surface area contributed by atoms with Crippen molar-refractivity contribution >= 4 is 8.32 Å². The van der Waals surface area contributed by atoms with Crippen LogP contribution >= 0.6 is 0 Å². The predicted octanol–water partition coefficient (Wildman–Crippen LogP) is 5.65. The molecule has 27 heavy (non-hydrogen) atoms. The Hall–Kier alpha value is -1.04. The standard InChI is InChI=1S/C22H40O4Si/c1-9-22(23)19(14-25-21-12-10-20(24-8)11-13-21)15-26-27(16(2)3,17(4)5)18(6)7/h10-13,16-19,22-23H,9,14-15H2,1-8H3/t19-,22+/m1/s1. The molecule has 0 spiro atoms. The van der Waals surface area contributed by atoms with E-state index in [1.165, 1.54) is 0 Å². The molecule has 0 aliphatic rings. The molecule has 5 heteroatoms. The van der Waals surface area contributed by atoms with E-state index in [2.05, 4.69) is 41.5 Å². The lowest BCUT2D eigenvalue weighted by Crippen LogP contribution is -2.49. The largest absolute Gasteiger partial charge is 0.497 e. The van der Waals surface area contributed by atoms with Crippen LogP contribution in [0.3, 0.4) is 0 Å². The highest BCUT2D eigenvalue weighted by atomic mass is 28.4. The molecule has 0 aliphatic heterocycles. The molecule has 156 valence electrons. The Labute approximate surface area is 167 Å². The monoisotopic (exact) mass is 396 g/mol. The third kappa shape index (κ3) is 6.23. The Bertz CT molecular complexity index is 506. The van der Waals surface area contributed by atoms with E-state index in [0.717, 1.165) is 11.5 Å². The number of aliphatic hydroxyl groups excluding tert-OH is 1. The topological polar surface area (TPSA) is 47.9 Å². The summed E-state index contributed by atoms with van der Waals surface area (Å²) in [5.41, 5.74) is 1.58. The third-order valence-corrected chi connectivity index (χ3v) is 11.8. The fourth-order valence-corrected chi connectivity index (χ4v) is 9.73. The van der Waals surface area contributed by atoms with Crippen molar-refractivity contribution in [2.24, 2.45) is 5.92 Å². The van der Waals surface area contributed by atoms with E-state index < -0.39 is 14.4 Å². The number of hydrogen-bond acceptors (Lipinski definition) is 4. The summed E-state index contributed by atoms with van der Waals surface area (Å²) < 4.78 is 17.8. The van der Waals surface area contributed by atoms with E-state index in [1.54, 1.807) is 7.11 Å². The van der Waals surface area contributed by atoms with Gasteiger partial charge in [0.15, 0.2) is 8.32 Å². The fourth-order valence-electron chi connectivity index (χ4n) is 4.23. The summed E-state index contributed by atoms with van der Waals surface area (Å²) in [4.78, 5) is 0. The van der Waals surface area contributed by atoms with Gasteiger partial charge in [-0.1, -0.05) is 48.5 Å². The van der Waals surface area contributed by atoms with Crippen LogP contribution in [0.2, 0.25) is 16.6 Å². The molecular formula is C22H40O4Si. The van der Waals surface area contributed by atoms with Crippen LogP contribution in [0, 0.1) is 5.92 Å². The lowest BCUT2D eigenvalue weighted by molar-refractivity contribution is 0.0382. The molecule has 0 saturated heterocycles. The average Bonchev–Trinajstić information content (AvgIpc) is 2.63. The molecule has 4 nitrogen and oxygen atoms in total. The Balaban J connectivity index is 2.84. The number of rotatable bonds is 12. The van der Waals surface area contributed by atoms with Crippen LogP contribution in [0.4, 0.5) is 0 Å². The molecule has 2 atom stereocenters. The zero-order valence-electron chi connectivity index (χ0n) is 18.5. The van der Waals surface area contributed by atoms with Gasteiger partial charge in [0.1, 0.15) is 11.5 Å². The van der Waals surface area contributed by atoms with Crippen LogP contribution in [-0.2, 0) is 4.43 Å². The first kappa shape index (κ1) is 24.0. The lowest BCUT2D eigenvalue weighted by Gasteiger charge is -2.43. The minimum atomic E-state index is -1.95. The molecule has 0 amide bonds. The van der Waals surface area contributed by atoms with Crippen molar-refractivity contribution in [3.8, 4) is 11.5 Å². The summed E-state index contributed by atoms with van der Waals surface area (Å²) in [7, 11) is -0.305. The van der Waals surface area contributed by atoms with Crippen LogP contribution in [0.1, 0.15) is 54.9 Å². The predicted molar refractivity (Wildman–Crippen MR) is 115 cm³/mol. The van der Waals surface area contributed by atoms with E-state index in [4.69, 9.17) is 13.9 Å². The first-order valence-corrected chi connectivity index (χ1v) is 12.4. The summed E-state index contributed by atoms with van der Waals surface area (Å²) in [6, 6.07) is 7.55. The Kier molecular flexibility index (Phi) is 9.85. The smallest absolute Gasteiger partial charge is 0.200 e. The van der Waals surface area contributed by atoms with Gasteiger partial charge < -0.3 is 19.0 Å². The lowest BCUT2D eigenvalue weighted by atomic mass is 10.0. The quantitative estimate of drug-likeness (QED) is 0.464. The van der Waals surface area contributed by atoms with Gasteiger partial charge in [0.25, 0.3) is 0 Å². The van der Waals surface area contributed by atoms with Gasteiger partial charge in [0, 0.05) is 12.5 Å². The van der Waals surface area contributed by atoms with Crippen molar-refractivity contribution in [3.05, 3.63) is 24.3 Å². The highest BCUT2D eigenvalue weighted by molar-refractivity contribution is 6.77. The summed E-state index contributed by atoms with van der Waals surface area (Å²) in [6.45, 7) is 16.7.